The molecule has 0 aliphatic rings. The quantitative estimate of drug-likeness (QED) is 0.402. The van der Waals surface area contributed by atoms with Crippen LogP contribution in [-0.2, 0) is 11.2 Å². The molecule has 0 saturated heterocycles. The third-order valence-electron chi connectivity index (χ3n) is 5.86. The lowest BCUT2D eigenvalue weighted by atomic mass is 9.87. The molecule has 1 rings (SSSR count). The molecule has 148 valence electrons. The van der Waals surface area contributed by atoms with E-state index in [0.29, 0.717) is 17.7 Å². The van der Waals surface area contributed by atoms with Crippen molar-refractivity contribution in [1.82, 2.24) is 4.90 Å². The highest BCUT2D eigenvalue weighted by Gasteiger charge is 2.17. The molecule has 1 aromatic rings. The van der Waals surface area contributed by atoms with Gasteiger partial charge >= 0.3 is 0 Å². The van der Waals surface area contributed by atoms with Crippen LogP contribution in [-0.4, -0.2) is 23.9 Å². The lowest BCUT2D eigenvalue weighted by Gasteiger charge is -2.26. The molecule has 2 nitrogen and oxygen atoms in total. The second-order valence-electron chi connectivity index (χ2n) is 8.22. The summed E-state index contributed by atoms with van der Waals surface area (Å²) in [6.45, 7) is 13.2. The van der Waals surface area contributed by atoms with Gasteiger partial charge in [0.1, 0.15) is 0 Å². The summed E-state index contributed by atoms with van der Waals surface area (Å²) in [6, 6.07) is 10.7. The summed E-state index contributed by atoms with van der Waals surface area (Å²) >= 11 is 0. The van der Waals surface area contributed by atoms with Gasteiger partial charge in [-0.05, 0) is 49.0 Å². The maximum absolute atomic E-state index is 12.6. The van der Waals surface area contributed by atoms with Crippen LogP contribution in [0.25, 0.3) is 0 Å². The molecular weight excluding hydrogens is 318 g/mol. The lowest BCUT2D eigenvalue weighted by Crippen LogP contribution is -2.34. The molecule has 0 fully saturated rings. The molecule has 0 aromatic heterocycles. The van der Waals surface area contributed by atoms with Crippen LogP contribution in [0.3, 0.4) is 0 Å². The Hall–Kier alpha value is -1.31. The number of rotatable bonds is 13. The maximum atomic E-state index is 12.6. The highest BCUT2D eigenvalue weighted by molar-refractivity contribution is 5.76. The topological polar surface area (TPSA) is 20.3 Å². The SMILES string of the molecule is CCCN(CCC(C)C(C)Cc1ccccc1)C(=O)CCCC(C)CC. The minimum Gasteiger partial charge on any atom is -0.343 e. The molecule has 0 bridgehead atoms. The van der Waals surface area contributed by atoms with Gasteiger partial charge in [-0.3, -0.25) is 4.79 Å². The Morgan fingerprint density at radius 1 is 0.962 bits per heavy atom. The fourth-order valence-electron chi connectivity index (χ4n) is 3.43. The van der Waals surface area contributed by atoms with E-state index in [-0.39, 0.29) is 0 Å². The maximum Gasteiger partial charge on any atom is 0.222 e. The van der Waals surface area contributed by atoms with Gasteiger partial charge in [0.05, 0.1) is 0 Å². The number of carbonyl (C=O) groups is 1. The van der Waals surface area contributed by atoms with Crippen LogP contribution in [0.15, 0.2) is 30.3 Å². The van der Waals surface area contributed by atoms with Crippen molar-refractivity contribution in [3.05, 3.63) is 35.9 Å². The standard InChI is InChI=1S/C24H41NO/c1-6-17-25(24(26)15-11-12-20(3)7-2)18-16-21(4)22(5)19-23-13-9-8-10-14-23/h8-10,13-14,20-22H,6-7,11-12,15-19H2,1-5H3. The van der Waals surface area contributed by atoms with E-state index in [4.69, 9.17) is 0 Å². The molecule has 1 amide bonds. The van der Waals surface area contributed by atoms with Crippen LogP contribution < -0.4 is 0 Å². The van der Waals surface area contributed by atoms with E-state index in [0.717, 1.165) is 51.1 Å². The molecule has 0 N–H and O–H groups in total. The molecule has 3 atom stereocenters. The van der Waals surface area contributed by atoms with Gasteiger partial charge in [-0.15, -0.1) is 0 Å². The minimum atomic E-state index is 0.359. The first-order chi connectivity index (χ1) is 12.5. The first-order valence-electron chi connectivity index (χ1n) is 10.8. The smallest absolute Gasteiger partial charge is 0.222 e. The van der Waals surface area contributed by atoms with Crippen LogP contribution >= 0.6 is 0 Å². The van der Waals surface area contributed by atoms with Gasteiger partial charge in [-0.25, -0.2) is 0 Å². The summed E-state index contributed by atoms with van der Waals surface area (Å²) in [7, 11) is 0. The predicted molar refractivity (Wildman–Crippen MR) is 113 cm³/mol. The van der Waals surface area contributed by atoms with Gasteiger partial charge in [0.25, 0.3) is 0 Å². The van der Waals surface area contributed by atoms with Crippen LogP contribution in [0.2, 0.25) is 0 Å². The van der Waals surface area contributed by atoms with E-state index < -0.39 is 0 Å². The number of benzene rings is 1. The lowest BCUT2D eigenvalue weighted by molar-refractivity contribution is -0.131. The average molecular weight is 360 g/mol. The van der Waals surface area contributed by atoms with E-state index in [2.05, 4.69) is 69.9 Å². The molecule has 2 heteroatoms. The van der Waals surface area contributed by atoms with Crippen molar-refractivity contribution in [3.63, 3.8) is 0 Å². The van der Waals surface area contributed by atoms with Crippen molar-refractivity contribution >= 4 is 5.91 Å². The first-order valence-corrected chi connectivity index (χ1v) is 10.8. The average Bonchev–Trinajstić information content (AvgIpc) is 2.65. The Morgan fingerprint density at radius 3 is 2.27 bits per heavy atom. The van der Waals surface area contributed by atoms with E-state index in [9.17, 15) is 4.79 Å². The highest BCUT2D eigenvalue weighted by atomic mass is 16.2. The van der Waals surface area contributed by atoms with Crippen molar-refractivity contribution in [2.45, 2.75) is 79.6 Å². The summed E-state index contributed by atoms with van der Waals surface area (Å²) in [4.78, 5) is 14.7. The molecule has 0 aliphatic carbocycles. The summed E-state index contributed by atoms with van der Waals surface area (Å²) in [6.07, 6.45) is 7.41. The molecular formula is C24H41NO. The zero-order chi connectivity index (χ0) is 19.4. The van der Waals surface area contributed by atoms with Gasteiger partial charge in [0, 0.05) is 19.5 Å². The number of hydrogen-bond acceptors (Lipinski definition) is 1. The Balaban J connectivity index is 2.41. The van der Waals surface area contributed by atoms with Gasteiger partial charge in [0.15, 0.2) is 0 Å². The fourth-order valence-corrected chi connectivity index (χ4v) is 3.43. The van der Waals surface area contributed by atoms with Crippen molar-refractivity contribution < 1.29 is 4.79 Å². The van der Waals surface area contributed by atoms with E-state index in [1.54, 1.807) is 0 Å². The van der Waals surface area contributed by atoms with Crippen LogP contribution in [0.1, 0.15) is 78.7 Å². The Labute approximate surface area is 162 Å². The van der Waals surface area contributed by atoms with Crippen molar-refractivity contribution in [3.8, 4) is 0 Å². The molecule has 0 saturated carbocycles. The van der Waals surface area contributed by atoms with Crippen LogP contribution in [0, 0.1) is 17.8 Å². The van der Waals surface area contributed by atoms with E-state index in [1.807, 2.05) is 0 Å². The molecule has 0 spiro atoms. The first kappa shape index (κ1) is 22.7. The molecule has 0 aliphatic heterocycles. The number of hydrogen-bond donors (Lipinski definition) is 0. The molecule has 3 unspecified atom stereocenters. The van der Waals surface area contributed by atoms with Gasteiger partial charge in [-0.1, -0.05) is 77.8 Å². The van der Waals surface area contributed by atoms with Gasteiger partial charge in [-0.2, -0.15) is 0 Å². The Morgan fingerprint density at radius 2 is 1.65 bits per heavy atom. The summed E-state index contributed by atoms with van der Waals surface area (Å²) < 4.78 is 0. The summed E-state index contributed by atoms with van der Waals surface area (Å²) in [5.74, 6) is 2.36. The van der Waals surface area contributed by atoms with Crippen LogP contribution in [0.5, 0.6) is 0 Å². The Kier molecular flexibility index (Phi) is 11.3. The van der Waals surface area contributed by atoms with Crippen molar-refractivity contribution in [2.75, 3.05) is 13.1 Å². The zero-order valence-electron chi connectivity index (χ0n) is 17.8. The minimum absolute atomic E-state index is 0.359. The van der Waals surface area contributed by atoms with Crippen molar-refractivity contribution in [2.24, 2.45) is 17.8 Å². The van der Waals surface area contributed by atoms with Crippen LogP contribution in [0.4, 0.5) is 0 Å². The zero-order valence-corrected chi connectivity index (χ0v) is 17.8. The second kappa shape index (κ2) is 12.9. The molecule has 26 heavy (non-hydrogen) atoms. The largest absolute Gasteiger partial charge is 0.343 e. The molecule has 1 aromatic carbocycles. The molecule has 0 heterocycles. The number of carbonyl (C=O) groups excluding carboxylic acids is 1. The normalized spacial score (nSPS) is 14.7. The third-order valence-corrected chi connectivity index (χ3v) is 5.86. The van der Waals surface area contributed by atoms with E-state index in [1.165, 1.54) is 18.4 Å². The highest BCUT2D eigenvalue weighted by Crippen LogP contribution is 2.21. The Bertz CT molecular complexity index is 484. The number of nitrogens with zero attached hydrogens (tertiary/aromatic N) is 1. The van der Waals surface area contributed by atoms with Gasteiger partial charge < -0.3 is 4.90 Å². The summed E-state index contributed by atoms with van der Waals surface area (Å²) in [5.41, 5.74) is 1.42. The predicted octanol–water partition coefficient (Wildman–Crippen LogP) is 6.35. The molecule has 0 radical (unpaired) electrons. The van der Waals surface area contributed by atoms with Crippen molar-refractivity contribution in [1.29, 1.82) is 0 Å². The fraction of sp³-hybridized carbons (Fsp3) is 0.708. The monoisotopic (exact) mass is 359 g/mol. The van der Waals surface area contributed by atoms with Gasteiger partial charge in [0.2, 0.25) is 5.91 Å². The second-order valence-corrected chi connectivity index (χ2v) is 8.22. The number of amides is 1. The third kappa shape index (κ3) is 8.87. The summed E-state index contributed by atoms with van der Waals surface area (Å²) in [5, 5.41) is 0. The van der Waals surface area contributed by atoms with E-state index >= 15 is 0 Å².